The van der Waals surface area contributed by atoms with Gasteiger partial charge in [-0.2, -0.15) is 0 Å². The molecular weight excluding hydrogens is 264 g/mol. The number of carboxylic acids is 1. The van der Waals surface area contributed by atoms with Crippen LogP contribution in [0, 0.1) is 11.6 Å². The zero-order valence-corrected chi connectivity index (χ0v) is 10.7. The number of halogens is 2. The Morgan fingerprint density at radius 2 is 1.90 bits per heavy atom. The zero-order chi connectivity index (χ0) is 14.7. The van der Waals surface area contributed by atoms with Gasteiger partial charge >= 0.3 is 5.97 Å². The molecule has 0 aliphatic rings. The third-order valence-electron chi connectivity index (χ3n) is 2.95. The highest BCUT2D eigenvalue weighted by Gasteiger charge is 2.17. The molecule has 2 aromatic rings. The van der Waals surface area contributed by atoms with Crippen LogP contribution in [0.3, 0.4) is 0 Å². The summed E-state index contributed by atoms with van der Waals surface area (Å²) in [6.07, 6.45) is 0. The van der Waals surface area contributed by atoms with Crippen LogP contribution in [0.1, 0.15) is 28.9 Å². The van der Waals surface area contributed by atoms with E-state index in [1.807, 2.05) is 0 Å². The molecule has 0 bridgehead atoms. The minimum Gasteiger partial charge on any atom is -0.478 e. The Hall–Kier alpha value is -2.43. The van der Waals surface area contributed by atoms with Crippen molar-refractivity contribution in [3.05, 3.63) is 65.2 Å². The van der Waals surface area contributed by atoms with Crippen molar-refractivity contribution in [1.29, 1.82) is 0 Å². The van der Waals surface area contributed by atoms with Crippen LogP contribution in [0.4, 0.5) is 14.5 Å². The predicted octanol–water partition coefficient (Wildman–Crippen LogP) is 3.84. The largest absolute Gasteiger partial charge is 0.478 e. The fraction of sp³-hybridized carbons (Fsp3) is 0.133. The van der Waals surface area contributed by atoms with E-state index >= 15 is 0 Å². The highest BCUT2D eigenvalue weighted by atomic mass is 19.1. The van der Waals surface area contributed by atoms with Crippen molar-refractivity contribution in [3.8, 4) is 0 Å². The van der Waals surface area contributed by atoms with Gasteiger partial charge in [-0.25, -0.2) is 13.6 Å². The van der Waals surface area contributed by atoms with Crippen LogP contribution in [0.5, 0.6) is 0 Å². The van der Waals surface area contributed by atoms with E-state index in [4.69, 9.17) is 5.11 Å². The average Bonchev–Trinajstić information content (AvgIpc) is 2.38. The van der Waals surface area contributed by atoms with E-state index in [-0.39, 0.29) is 17.5 Å². The summed E-state index contributed by atoms with van der Waals surface area (Å²) >= 11 is 0. The van der Waals surface area contributed by atoms with Gasteiger partial charge < -0.3 is 10.4 Å². The Morgan fingerprint density at radius 1 is 1.20 bits per heavy atom. The van der Waals surface area contributed by atoms with Gasteiger partial charge in [0.1, 0.15) is 17.2 Å². The fourth-order valence-corrected chi connectivity index (χ4v) is 1.95. The van der Waals surface area contributed by atoms with Crippen molar-refractivity contribution in [1.82, 2.24) is 0 Å². The minimum atomic E-state index is -1.35. The third kappa shape index (κ3) is 2.93. The molecule has 0 aliphatic carbocycles. The molecule has 104 valence electrons. The van der Waals surface area contributed by atoms with Crippen LogP contribution in [-0.2, 0) is 0 Å². The molecule has 20 heavy (non-hydrogen) atoms. The predicted molar refractivity (Wildman–Crippen MR) is 71.8 cm³/mol. The molecule has 2 N–H and O–H groups in total. The van der Waals surface area contributed by atoms with Gasteiger partial charge in [0.25, 0.3) is 0 Å². The standard InChI is InChI=1S/C15H13F2NO2/c1-9(10-4-2-5-11(16)8-10)18-13-7-3-6-12(17)14(13)15(19)20/h2-9,18H,1H3,(H,19,20). The van der Waals surface area contributed by atoms with E-state index < -0.39 is 17.3 Å². The fourth-order valence-electron chi connectivity index (χ4n) is 1.95. The molecule has 0 spiro atoms. The first-order chi connectivity index (χ1) is 9.49. The summed E-state index contributed by atoms with van der Waals surface area (Å²) in [5.74, 6) is -2.54. The van der Waals surface area contributed by atoms with Crippen molar-refractivity contribution >= 4 is 11.7 Å². The summed E-state index contributed by atoms with van der Waals surface area (Å²) in [5.41, 5.74) is 0.385. The lowest BCUT2D eigenvalue weighted by molar-refractivity contribution is 0.0693. The second kappa shape index (κ2) is 5.69. The lowest BCUT2D eigenvalue weighted by Gasteiger charge is -2.17. The van der Waals surface area contributed by atoms with Crippen LogP contribution < -0.4 is 5.32 Å². The van der Waals surface area contributed by atoms with Gasteiger partial charge in [0, 0.05) is 6.04 Å². The van der Waals surface area contributed by atoms with Crippen molar-refractivity contribution in [2.24, 2.45) is 0 Å². The first kappa shape index (κ1) is 14.0. The lowest BCUT2D eigenvalue weighted by atomic mass is 10.1. The summed E-state index contributed by atoms with van der Waals surface area (Å²) in [5, 5.41) is 11.9. The number of carboxylic acid groups (broad SMARTS) is 1. The third-order valence-corrected chi connectivity index (χ3v) is 2.95. The molecule has 5 heteroatoms. The van der Waals surface area contributed by atoms with Crippen LogP contribution >= 0.6 is 0 Å². The molecule has 0 amide bonds. The van der Waals surface area contributed by atoms with Crippen molar-refractivity contribution in [2.45, 2.75) is 13.0 Å². The molecule has 0 saturated carbocycles. The second-order valence-corrected chi connectivity index (χ2v) is 4.39. The van der Waals surface area contributed by atoms with Gasteiger partial charge in [-0.1, -0.05) is 18.2 Å². The number of aromatic carboxylic acids is 1. The van der Waals surface area contributed by atoms with Crippen LogP contribution in [0.25, 0.3) is 0 Å². The first-order valence-electron chi connectivity index (χ1n) is 6.03. The quantitative estimate of drug-likeness (QED) is 0.892. The number of nitrogens with one attached hydrogen (secondary N) is 1. The summed E-state index contributed by atoms with van der Waals surface area (Å²) in [7, 11) is 0. The molecule has 2 aromatic carbocycles. The van der Waals surface area contributed by atoms with Gasteiger partial charge in [-0.3, -0.25) is 0 Å². The topological polar surface area (TPSA) is 49.3 Å². The van der Waals surface area contributed by atoms with Crippen molar-refractivity contribution in [2.75, 3.05) is 5.32 Å². The molecule has 0 aromatic heterocycles. The molecule has 1 atom stereocenters. The van der Waals surface area contributed by atoms with E-state index in [0.29, 0.717) is 5.56 Å². The normalized spacial score (nSPS) is 11.9. The molecule has 0 heterocycles. The van der Waals surface area contributed by atoms with Gasteiger partial charge in [0.15, 0.2) is 0 Å². The average molecular weight is 277 g/mol. The molecule has 0 aliphatic heterocycles. The van der Waals surface area contributed by atoms with Gasteiger partial charge in [-0.05, 0) is 36.8 Å². The highest BCUT2D eigenvalue weighted by molar-refractivity contribution is 5.94. The Balaban J connectivity index is 2.30. The van der Waals surface area contributed by atoms with E-state index in [2.05, 4.69) is 5.32 Å². The Bertz CT molecular complexity index is 644. The smallest absolute Gasteiger partial charge is 0.340 e. The van der Waals surface area contributed by atoms with Crippen LogP contribution in [0.2, 0.25) is 0 Å². The van der Waals surface area contributed by atoms with Crippen LogP contribution in [-0.4, -0.2) is 11.1 Å². The Labute approximate surface area is 114 Å². The van der Waals surface area contributed by atoms with Gasteiger partial charge in [0.2, 0.25) is 0 Å². The molecule has 0 fully saturated rings. The summed E-state index contributed by atoms with van der Waals surface area (Å²) in [4.78, 5) is 11.1. The van der Waals surface area contributed by atoms with Gasteiger partial charge in [0.05, 0.1) is 5.69 Å². The van der Waals surface area contributed by atoms with E-state index in [9.17, 15) is 13.6 Å². The maximum Gasteiger partial charge on any atom is 0.340 e. The first-order valence-corrected chi connectivity index (χ1v) is 6.03. The molecule has 0 saturated heterocycles. The number of hydrogen-bond donors (Lipinski definition) is 2. The summed E-state index contributed by atoms with van der Waals surface area (Å²) in [6.45, 7) is 1.74. The van der Waals surface area contributed by atoms with E-state index in [0.717, 1.165) is 6.07 Å². The minimum absolute atomic E-state index is 0.161. The summed E-state index contributed by atoms with van der Waals surface area (Å²) in [6, 6.07) is 9.56. The number of anilines is 1. The molecule has 0 radical (unpaired) electrons. The van der Waals surface area contributed by atoms with E-state index in [1.165, 1.54) is 24.3 Å². The molecule has 2 rings (SSSR count). The number of carbonyl (C=O) groups is 1. The lowest BCUT2D eigenvalue weighted by Crippen LogP contribution is -2.12. The summed E-state index contributed by atoms with van der Waals surface area (Å²) < 4.78 is 26.7. The number of hydrogen-bond acceptors (Lipinski definition) is 2. The number of rotatable bonds is 4. The monoisotopic (exact) mass is 277 g/mol. The van der Waals surface area contributed by atoms with Crippen molar-refractivity contribution < 1.29 is 18.7 Å². The van der Waals surface area contributed by atoms with Crippen LogP contribution in [0.15, 0.2) is 42.5 Å². The van der Waals surface area contributed by atoms with Crippen molar-refractivity contribution in [3.63, 3.8) is 0 Å². The number of benzene rings is 2. The zero-order valence-electron chi connectivity index (χ0n) is 10.7. The Morgan fingerprint density at radius 3 is 2.55 bits per heavy atom. The molecular formula is C15H13F2NO2. The molecule has 1 unspecified atom stereocenters. The Kier molecular flexibility index (Phi) is 3.98. The highest BCUT2D eigenvalue weighted by Crippen LogP contribution is 2.24. The SMILES string of the molecule is CC(Nc1cccc(F)c1C(=O)O)c1cccc(F)c1. The van der Waals surface area contributed by atoms with Gasteiger partial charge in [-0.15, -0.1) is 0 Å². The second-order valence-electron chi connectivity index (χ2n) is 4.39. The maximum atomic E-state index is 13.5. The van der Waals surface area contributed by atoms with E-state index in [1.54, 1.807) is 19.1 Å². The molecule has 3 nitrogen and oxygen atoms in total. The maximum absolute atomic E-state index is 13.5.